The molecular formula is C23H36O4. The lowest BCUT2D eigenvalue weighted by Gasteiger charge is -2.57. The number of carbonyl (C=O) groups is 2. The van der Waals surface area contributed by atoms with Crippen LogP contribution in [0.4, 0.5) is 0 Å². The van der Waals surface area contributed by atoms with Crippen LogP contribution in [0.1, 0.15) is 66.7 Å². The van der Waals surface area contributed by atoms with Crippen molar-refractivity contribution in [2.45, 2.75) is 72.8 Å². The maximum atomic E-state index is 11.8. The predicted molar refractivity (Wildman–Crippen MR) is 107 cm³/mol. The lowest BCUT2D eigenvalue weighted by Crippen LogP contribution is -2.52. The van der Waals surface area contributed by atoms with Crippen LogP contribution in [0.2, 0.25) is 0 Å². The van der Waals surface area contributed by atoms with Gasteiger partial charge in [-0.15, -0.1) is 6.58 Å². The van der Waals surface area contributed by atoms with Crippen molar-refractivity contribution in [3.8, 4) is 0 Å². The van der Waals surface area contributed by atoms with E-state index < -0.39 is 0 Å². The molecule has 0 bridgehead atoms. The zero-order chi connectivity index (χ0) is 20.2. The smallest absolute Gasteiger partial charge is 0.330 e. The van der Waals surface area contributed by atoms with Crippen molar-refractivity contribution in [1.29, 1.82) is 0 Å². The van der Waals surface area contributed by atoms with Crippen molar-refractivity contribution in [2.24, 2.45) is 29.1 Å². The summed E-state index contributed by atoms with van der Waals surface area (Å²) in [6.07, 6.45) is 8.64. The molecular weight excluding hydrogens is 340 g/mol. The Morgan fingerprint density at radius 2 is 1.96 bits per heavy atom. The summed E-state index contributed by atoms with van der Waals surface area (Å²) in [5, 5.41) is 0. The molecule has 152 valence electrons. The van der Waals surface area contributed by atoms with E-state index in [1.807, 2.05) is 13.0 Å². The number of hydrogen-bond acceptors (Lipinski definition) is 4. The van der Waals surface area contributed by atoms with Crippen LogP contribution in [-0.4, -0.2) is 24.6 Å². The fourth-order valence-corrected chi connectivity index (χ4v) is 5.55. The summed E-state index contributed by atoms with van der Waals surface area (Å²) in [4.78, 5) is 23.5. The number of esters is 2. The summed E-state index contributed by atoms with van der Waals surface area (Å²) in [5.41, 5.74) is 1.31. The number of rotatable bonds is 6. The Hall–Kier alpha value is -1.58. The fourth-order valence-electron chi connectivity index (χ4n) is 5.55. The van der Waals surface area contributed by atoms with Gasteiger partial charge < -0.3 is 9.47 Å². The summed E-state index contributed by atoms with van der Waals surface area (Å²) in [5.74, 6) is 1.29. The molecule has 27 heavy (non-hydrogen) atoms. The van der Waals surface area contributed by atoms with Crippen molar-refractivity contribution >= 4 is 11.9 Å². The molecule has 0 spiro atoms. The molecule has 0 amide bonds. The molecule has 4 heteroatoms. The molecule has 6 atom stereocenters. The van der Waals surface area contributed by atoms with Crippen LogP contribution in [0.5, 0.6) is 0 Å². The zero-order valence-corrected chi connectivity index (χ0v) is 17.6. The molecule has 2 rings (SSSR count). The van der Waals surface area contributed by atoms with E-state index in [2.05, 4.69) is 27.4 Å². The summed E-state index contributed by atoms with van der Waals surface area (Å²) < 4.78 is 10.8. The molecule has 0 N–H and O–H groups in total. The predicted octanol–water partition coefficient (Wildman–Crippen LogP) is 5.08. The van der Waals surface area contributed by atoms with Gasteiger partial charge in [0.25, 0.3) is 0 Å². The van der Waals surface area contributed by atoms with E-state index in [1.54, 1.807) is 6.08 Å². The van der Waals surface area contributed by atoms with Gasteiger partial charge in [0.1, 0.15) is 6.10 Å². The number of hydrogen-bond donors (Lipinski definition) is 0. The Labute approximate surface area is 164 Å². The van der Waals surface area contributed by atoms with E-state index >= 15 is 0 Å². The first-order valence-corrected chi connectivity index (χ1v) is 10.4. The van der Waals surface area contributed by atoms with Gasteiger partial charge in [-0.2, -0.15) is 0 Å². The first-order valence-electron chi connectivity index (χ1n) is 10.4. The highest BCUT2D eigenvalue weighted by atomic mass is 16.5. The van der Waals surface area contributed by atoms with Crippen LogP contribution in [0.15, 0.2) is 24.3 Å². The van der Waals surface area contributed by atoms with E-state index in [0.717, 1.165) is 37.7 Å². The van der Waals surface area contributed by atoms with Gasteiger partial charge in [0.05, 0.1) is 6.61 Å². The summed E-state index contributed by atoms with van der Waals surface area (Å²) in [6.45, 7) is 14.4. The third-order valence-electron chi connectivity index (χ3n) is 7.10. The second-order valence-corrected chi connectivity index (χ2v) is 8.70. The molecule has 0 saturated heterocycles. The minimum Gasteiger partial charge on any atom is -0.463 e. The number of fused-ring (bicyclic) bond motifs is 1. The Balaban J connectivity index is 2.22. The van der Waals surface area contributed by atoms with Crippen molar-refractivity contribution in [3.05, 3.63) is 24.3 Å². The first kappa shape index (κ1) is 21.7. The molecule has 0 heterocycles. The third kappa shape index (κ3) is 4.83. The monoisotopic (exact) mass is 376 g/mol. The second kappa shape index (κ2) is 9.07. The standard InChI is InChI=1S/C23H36O4/c1-7-9-19-20-11-10-18(15(3)12-22(25)26-8-2)14-23(20,6)16(4)13-21(19)27-17(5)24/h7,12,16,18-21H,1,8-11,13-14H2,2-6H3/b15-12+/t16-,18-,19+,20-,21+,23+/m1/s1. The Bertz CT molecular complexity index is 593. The molecule has 0 aromatic heterocycles. The summed E-state index contributed by atoms with van der Waals surface area (Å²) in [6, 6.07) is 0. The molecule has 0 unspecified atom stereocenters. The van der Waals surface area contributed by atoms with Crippen LogP contribution in [0.25, 0.3) is 0 Å². The Kier molecular flexibility index (Phi) is 7.30. The molecule has 0 aromatic rings. The lowest BCUT2D eigenvalue weighted by molar-refractivity contribution is -0.165. The maximum Gasteiger partial charge on any atom is 0.330 e. The number of carbonyl (C=O) groups excluding carboxylic acids is 2. The van der Waals surface area contributed by atoms with Gasteiger partial charge in [0, 0.05) is 18.9 Å². The van der Waals surface area contributed by atoms with Crippen LogP contribution < -0.4 is 0 Å². The average molecular weight is 377 g/mol. The van der Waals surface area contributed by atoms with Crippen molar-refractivity contribution in [2.75, 3.05) is 6.61 Å². The minimum atomic E-state index is -0.238. The highest BCUT2D eigenvalue weighted by Crippen LogP contribution is 2.58. The first-order chi connectivity index (χ1) is 12.7. The van der Waals surface area contributed by atoms with E-state index in [9.17, 15) is 9.59 Å². The zero-order valence-electron chi connectivity index (χ0n) is 17.6. The van der Waals surface area contributed by atoms with E-state index in [4.69, 9.17) is 9.47 Å². The largest absolute Gasteiger partial charge is 0.463 e. The second-order valence-electron chi connectivity index (χ2n) is 8.70. The van der Waals surface area contributed by atoms with Gasteiger partial charge in [-0.05, 0) is 69.1 Å². The van der Waals surface area contributed by atoms with Gasteiger partial charge in [-0.1, -0.05) is 25.5 Å². The molecule has 4 nitrogen and oxygen atoms in total. The quantitative estimate of drug-likeness (QED) is 0.368. The molecule has 0 radical (unpaired) electrons. The van der Waals surface area contributed by atoms with Crippen molar-refractivity contribution in [1.82, 2.24) is 0 Å². The van der Waals surface area contributed by atoms with Gasteiger partial charge in [0.2, 0.25) is 0 Å². The van der Waals surface area contributed by atoms with Gasteiger partial charge >= 0.3 is 11.9 Å². The van der Waals surface area contributed by atoms with Crippen molar-refractivity contribution < 1.29 is 19.1 Å². The van der Waals surface area contributed by atoms with Crippen LogP contribution in [-0.2, 0) is 19.1 Å². The van der Waals surface area contributed by atoms with Gasteiger partial charge in [0.15, 0.2) is 0 Å². The number of ether oxygens (including phenoxy) is 2. The molecule has 2 saturated carbocycles. The van der Waals surface area contributed by atoms with E-state index in [-0.39, 0.29) is 23.5 Å². The topological polar surface area (TPSA) is 52.6 Å². The van der Waals surface area contributed by atoms with Crippen LogP contribution in [0.3, 0.4) is 0 Å². The number of allylic oxidation sites excluding steroid dienone is 2. The average Bonchev–Trinajstić information content (AvgIpc) is 2.58. The minimum absolute atomic E-state index is 0.0127. The van der Waals surface area contributed by atoms with Crippen LogP contribution >= 0.6 is 0 Å². The fraction of sp³-hybridized carbons (Fsp3) is 0.739. The SMILES string of the molecule is C=CC[C@@H]1[C@@H](OC(C)=O)C[C@@H](C)[C@]2(C)C[C@H](/C(C)=C/C(=O)OCC)CC[C@H]12. The van der Waals surface area contributed by atoms with Gasteiger partial charge in [-0.3, -0.25) is 4.79 Å². The molecule has 2 aliphatic rings. The lowest BCUT2D eigenvalue weighted by atomic mass is 9.49. The Morgan fingerprint density at radius 3 is 2.56 bits per heavy atom. The van der Waals surface area contributed by atoms with Gasteiger partial charge in [-0.25, -0.2) is 4.79 Å². The highest BCUT2D eigenvalue weighted by molar-refractivity contribution is 5.82. The highest BCUT2D eigenvalue weighted by Gasteiger charge is 2.53. The van der Waals surface area contributed by atoms with E-state index in [1.165, 1.54) is 6.92 Å². The van der Waals surface area contributed by atoms with E-state index in [0.29, 0.717) is 30.3 Å². The molecule has 0 aliphatic heterocycles. The third-order valence-corrected chi connectivity index (χ3v) is 7.10. The van der Waals surface area contributed by atoms with Crippen molar-refractivity contribution in [3.63, 3.8) is 0 Å². The summed E-state index contributed by atoms with van der Waals surface area (Å²) in [7, 11) is 0. The van der Waals surface area contributed by atoms with Crippen LogP contribution in [0, 0.1) is 29.1 Å². The Morgan fingerprint density at radius 1 is 1.26 bits per heavy atom. The molecule has 2 fully saturated rings. The molecule has 0 aromatic carbocycles. The maximum absolute atomic E-state index is 11.8. The summed E-state index contributed by atoms with van der Waals surface area (Å²) >= 11 is 0. The molecule has 2 aliphatic carbocycles. The normalized spacial score (nSPS) is 36.5.